The van der Waals surface area contributed by atoms with Gasteiger partial charge in [-0.25, -0.2) is 0 Å². The predicted octanol–water partition coefficient (Wildman–Crippen LogP) is 1.90. The van der Waals surface area contributed by atoms with Crippen LogP contribution in [0.5, 0.6) is 0 Å². The fourth-order valence-corrected chi connectivity index (χ4v) is 1.96. The fourth-order valence-electron chi connectivity index (χ4n) is 1.96. The zero-order chi connectivity index (χ0) is 9.19. The monoisotopic (exact) mass is 171 g/mol. The summed E-state index contributed by atoms with van der Waals surface area (Å²) >= 11 is 0. The van der Waals surface area contributed by atoms with Gasteiger partial charge in [0.15, 0.2) is 0 Å². The summed E-state index contributed by atoms with van der Waals surface area (Å²) in [5.74, 6) is 0. The van der Waals surface area contributed by atoms with Crippen molar-refractivity contribution in [3.8, 4) is 0 Å². The molecule has 1 rings (SSSR count). The first-order valence-electron chi connectivity index (χ1n) is 4.94. The average Bonchev–Trinajstić information content (AvgIpc) is 1.95. The van der Waals surface area contributed by atoms with Crippen LogP contribution < -0.4 is 0 Å². The minimum absolute atomic E-state index is 0.324. The first kappa shape index (κ1) is 10.0. The van der Waals surface area contributed by atoms with E-state index in [1.54, 1.807) is 0 Å². The van der Waals surface area contributed by atoms with Gasteiger partial charge in [0.2, 0.25) is 0 Å². The smallest absolute Gasteiger partial charge is 0.0671 e. The Kier molecular flexibility index (Phi) is 3.13. The third-order valence-electron chi connectivity index (χ3n) is 2.61. The van der Waals surface area contributed by atoms with E-state index >= 15 is 0 Å². The molecule has 2 nitrogen and oxygen atoms in total. The molecule has 0 radical (unpaired) electrons. The molecule has 0 aromatic rings. The molecule has 0 amide bonds. The quantitative estimate of drug-likeness (QED) is 0.640. The number of rotatable bonds is 4. The maximum atomic E-state index is 5.27. The van der Waals surface area contributed by atoms with Gasteiger partial charge in [-0.15, -0.1) is 0 Å². The Labute approximate surface area is 75.9 Å². The van der Waals surface area contributed by atoms with Crippen LogP contribution in [-0.2, 0) is 4.74 Å². The second-order valence-corrected chi connectivity index (χ2v) is 4.28. The van der Waals surface area contributed by atoms with Gasteiger partial charge in [-0.2, -0.15) is 0 Å². The third kappa shape index (κ3) is 1.80. The highest BCUT2D eigenvalue weighted by Gasteiger charge is 2.39. The van der Waals surface area contributed by atoms with Crippen LogP contribution in [0.25, 0.3) is 0 Å². The zero-order valence-electron chi connectivity index (χ0n) is 8.76. The van der Waals surface area contributed by atoms with Crippen molar-refractivity contribution in [1.82, 2.24) is 4.90 Å². The summed E-state index contributed by atoms with van der Waals surface area (Å²) in [5, 5.41) is 0. The number of ether oxygens (including phenoxy) is 1. The second kappa shape index (κ2) is 3.75. The molecule has 0 saturated carbocycles. The summed E-state index contributed by atoms with van der Waals surface area (Å²) in [6.07, 6.45) is 1.23. The van der Waals surface area contributed by atoms with Gasteiger partial charge >= 0.3 is 0 Å². The minimum atomic E-state index is 0.324. The van der Waals surface area contributed by atoms with E-state index in [0.717, 1.165) is 13.2 Å². The lowest BCUT2D eigenvalue weighted by Crippen LogP contribution is -2.62. The molecule has 0 aromatic heterocycles. The van der Waals surface area contributed by atoms with Crippen molar-refractivity contribution in [2.45, 2.75) is 45.7 Å². The van der Waals surface area contributed by atoms with Crippen LogP contribution >= 0.6 is 0 Å². The van der Waals surface area contributed by atoms with E-state index in [1.807, 2.05) is 0 Å². The Morgan fingerprint density at radius 3 is 2.25 bits per heavy atom. The molecule has 0 aromatic carbocycles. The SMILES string of the molecule is CCCN(C(C)C)C1(C)COC1. The van der Waals surface area contributed by atoms with Gasteiger partial charge < -0.3 is 4.74 Å². The van der Waals surface area contributed by atoms with Gasteiger partial charge in [0.1, 0.15) is 0 Å². The summed E-state index contributed by atoms with van der Waals surface area (Å²) in [5.41, 5.74) is 0.324. The van der Waals surface area contributed by atoms with Crippen molar-refractivity contribution in [3.63, 3.8) is 0 Å². The lowest BCUT2D eigenvalue weighted by Gasteiger charge is -2.49. The zero-order valence-corrected chi connectivity index (χ0v) is 8.76. The molecule has 0 unspecified atom stereocenters. The summed E-state index contributed by atoms with van der Waals surface area (Å²) in [7, 11) is 0. The van der Waals surface area contributed by atoms with Crippen molar-refractivity contribution < 1.29 is 4.74 Å². The molecule has 0 aliphatic carbocycles. The molecule has 1 aliphatic rings. The number of nitrogens with zero attached hydrogens (tertiary/aromatic N) is 1. The van der Waals surface area contributed by atoms with Crippen LogP contribution in [0.15, 0.2) is 0 Å². The maximum absolute atomic E-state index is 5.27. The largest absolute Gasteiger partial charge is 0.377 e. The Balaban J connectivity index is 2.52. The third-order valence-corrected chi connectivity index (χ3v) is 2.61. The van der Waals surface area contributed by atoms with E-state index in [4.69, 9.17) is 4.74 Å². The Hall–Kier alpha value is -0.0800. The summed E-state index contributed by atoms with van der Waals surface area (Å²) in [4.78, 5) is 2.55. The highest BCUT2D eigenvalue weighted by molar-refractivity contribution is 4.93. The Morgan fingerprint density at radius 1 is 1.42 bits per heavy atom. The summed E-state index contributed by atoms with van der Waals surface area (Å²) in [6, 6.07) is 0.638. The maximum Gasteiger partial charge on any atom is 0.0671 e. The predicted molar refractivity (Wildman–Crippen MR) is 51.4 cm³/mol. The molecule has 2 heteroatoms. The normalized spacial score (nSPS) is 21.5. The Morgan fingerprint density at radius 2 is 2.00 bits per heavy atom. The van der Waals surface area contributed by atoms with Crippen molar-refractivity contribution >= 4 is 0 Å². The summed E-state index contributed by atoms with van der Waals surface area (Å²) < 4.78 is 5.27. The van der Waals surface area contributed by atoms with Gasteiger partial charge in [-0.05, 0) is 33.7 Å². The highest BCUT2D eigenvalue weighted by Crippen LogP contribution is 2.26. The van der Waals surface area contributed by atoms with Crippen molar-refractivity contribution in [3.05, 3.63) is 0 Å². The van der Waals surface area contributed by atoms with Gasteiger partial charge in [0.25, 0.3) is 0 Å². The summed E-state index contributed by atoms with van der Waals surface area (Å²) in [6.45, 7) is 12.1. The molecule has 1 aliphatic heterocycles. The van der Waals surface area contributed by atoms with Crippen molar-refractivity contribution in [2.75, 3.05) is 19.8 Å². The second-order valence-electron chi connectivity index (χ2n) is 4.28. The van der Waals surface area contributed by atoms with Crippen LogP contribution in [0.2, 0.25) is 0 Å². The molecule has 0 atom stereocenters. The first-order chi connectivity index (χ1) is 5.60. The standard InChI is InChI=1S/C10H21NO/c1-5-6-11(9(2)3)10(4)7-12-8-10/h9H,5-8H2,1-4H3. The van der Waals surface area contributed by atoms with Gasteiger partial charge in [0, 0.05) is 6.04 Å². The van der Waals surface area contributed by atoms with Crippen LogP contribution in [0.4, 0.5) is 0 Å². The molecule has 12 heavy (non-hydrogen) atoms. The van der Waals surface area contributed by atoms with Gasteiger partial charge in [-0.3, -0.25) is 4.90 Å². The molecular formula is C10H21NO. The molecule has 0 spiro atoms. The molecule has 1 fully saturated rings. The lowest BCUT2D eigenvalue weighted by molar-refractivity contribution is -0.140. The van der Waals surface area contributed by atoms with Crippen LogP contribution in [0, 0.1) is 0 Å². The van der Waals surface area contributed by atoms with Gasteiger partial charge in [-0.1, -0.05) is 6.92 Å². The van der Waals surface area contributed by atoms with E-state index in [-0.39, 0.29) is 0 Å². The highest BCUT2D eigenvalue weighted by atomic mass is 16.5. The molecule has 0 bridgehead atoms. The van der Waals surface area contributed by atoms with Crippen molar-refractivity contribution in [1.29, 1.82) is 0 Å². The minimum Gasteiger partial charge on any atom is -0.377 e. The van der Waals surface area contributed by atoms with E-state index in [2.05, 4.69) is 32.6 Å². The van der Waals surface area contributed by atoms with E-state index in [0.29, 0.717) is 11.6 Å². The molecule has 1 saturated heterocycles. The lowest BCUT2D eigenvalue weighted by atomic mass is 9.96. The average molecular weight is 171 g/mol. The van der Waals surface area contributed by atoms with Gasteiger partial charge in [0.05, 0.1) is 18.8 Å². The number of hydrogen-bond acceptors (Lipinski definition) is 2. The van der Waals surface area contributed by atoms with E-state index < -0.39 is 0 Å². The fraction of sp³-hybridized carbons (Fsp3) is 1.00. The van der Waals surface area contributed by atoms with Crippen molar-refractivity contribution in [2.24, 2.45) is 0 Å². The van der Waals surface area contributed by atoms with Crippen LogP contribution in [-0.4, -0.2) is 36.2 Å². The molecule has 72 valence electrons. The molecule has 0 N–H and O–H groups in total. The molecular weight excluding hydrogens is 150 g/mol. The van der Waals surface area contributed by atoms with E-state index in [1.165, 1.54) is 13.0 Å². The first-order valence-corrected chi connectivity index (χ1v) is 4.94. The van der Waals surface area contributed by atoms with Crippen LogP contribution in [0.1, 0.15) is 34.1 Å². The molecule has 1 heterocycles. The van der Waals surface area contributed by atoms with E-state index in [9.17, 15) is 0 Å². The number of hydrogen-bond donors (Lipinski definition) is 0. The Bertz CT molecular complexity index is 141. The topological polar surface area (TPSA) is 12.5 Å². The van der Waals surface area contributed by atoms with Crippen LogP contribution in [0.3, 0.4) is 0 Å².